The number of benzene rings is 1. The number of nitrogens with zero attached hydrogens (tertiary/aromatic N) is 1. The quantitative estimate of drug-likeness (QED) is 0.927. The summed E-state index contributed by atoms with van der Waals surface area (Å²) < 4.78 is 18.4. The monoisotopic (exact) mass is 309 g/mol. The van der Waals surface area contributed by atoms with Gasteiger partial charge in [0.25, 0.3) is 5.91 Å². The van der Waals surface area contributed by atoms with Crippen molar-refractivity contribution < 1.29 is 23.8 Å². The van der Waals surface area contributed by atoms with E-state index in [4.69, 9.17) is 9.84 Å². The number of likely N-dealkylation sites (tertiary alicyclic amines) is 1. The van der Waals surface area contributed by atoms with Gasteiger partial charge in [0.2, 0.25) is 0 Å². The number of rotatable bonds is 4. The van der Waals surface area contributed by atoms with Gasteiger partial charge in [-0.25, -0.2) is 4.39 Å². The van der Waals surface area contributed by atoms with Gasteiger partial charge in [0.05, 0.1) is 5.92 Å². The summed E-state index contributed by atoms with van der Waals surface area (Å²) in [5, 5.41) is 9.12. The Morgan fingerprint density at radius 1 is 1.32 bits per heavy atom. The Hall–Kier alpha value is -2.11. The Kier molecular flexibility index (Phi) is 5.00. The van der Waals surface area contributed by atoms with E-state index in [2.05, 4.69) is 0 Å². The fourth-order valence-electron chi connectivity index (χ4n) is 2.62. The molecule has 1 heterocycles. The van der Waals surface area contributed by atoms with Crippen LogP contribution in [0.5, 0.6) is 5.75 Å². The van der Waals surface area contributed by atoms with Gasteiger partial charge in [0, 0.05) is 12.6 Å². The molecule has 3 atom stereocenters. The second-order valence-corrected chi connectivity index (χ2v) is 5.67. The van der Waals surface area contributed by atoms with Gasteiger partial charge >= 0.3 is 5.97 Å². The van der Waals surface area contributed by atoms with Crippen molar-refractivity contribution in [1.29, 1.82) is 0 Å². The molecular weight excluding hydrogens is 289 g/mol. The molecule has 1 amide bonds. The molecule has 6 heteroatoms. The van der Waals surface area contributed by atoms with Gasteiger partial charge in [-0.05, 0) is 51.0 Å². The van der Waals surface area contributed by atoms with Crippen molar-refractivity contribution in [2.75, 3.05) is 6.54 Å². The van der Waals surface area contributed by atoms with Gasteiger partial charge in [-0.1, -0.05) is 0 Å². The molecule has 0 saturated carbocycles. The molecule has 120 valence electrons. The fourth-order valence-corrected chi connectivity index (χ4v) is 2.62. The van der Waals surface area contributed by atoms with E-state index in [0.29, 0.717) is 18.6 Å². The van der Waals surface area contributed by atoms with Crippen LogP contribution in [0.15, 0.2) is 24.3 Å². The van der Waals surface area contributed by atoms with E-state index < -0.39 is 18.0 Å². The summed E-state index contributed by atoms with van der Waals surface area (Å²) in [6.07, 6.45) is 0.486. The summed E-state index contributed by atoms with van der Waals surface area (Å²) in [7, 11) is 0. The van der Waals surface area contributed by atoms with Crippen molar-refractivity contribution >= 4 is 11.9 Å². The molecule has 0 aliphatic carbocycles. The van der Waals surface area contributed by atoms with E-state index in [1.165, 1.54) is 24.3 Å². The van der Waals surface area contributed by atoms with Crippen molar-refractivity contribution in [3.8, 4) is 5.75 Å². The van der Waals surface area contributed by atoms with E-state index in [1.807, 2.05) is 6.92 Å². The van der Waals surface area contributed by atoms with Crippen LogP contribution in [0.3, 0.4) is 0 Å². The highest BCUT2D eigenvalue weighted by atomic mass is 19.1. The van der Waals surface area contributed by atoms with Gasteiger partial charge in [0.15, 0.2) is 6.10 Å². The normalized spacial score (nSPS) is 23.0. The molecule has 1 aromatic rings. The number of piperidine rings is 1. The number of amides is 1. The first-order valence-corrected chi connectivity index (χ1v) is 7.34. The van der Waals surface area contributed by atoms with E-state index in [9.17, 15) is 14.0 Å². The van der Waals surface area contributed by atoms with Crippen LogP contribution in [0, 0.1) is 11.7 Å². The average molecular weight is 309 g/mol. The predicted octanol–water partition coefficient (Wildman–Crippen LogP) is 2.30. The summed E-state index contributed by atoms with van der Waals surface area (Å²) in [4.78, 5) is 25.2. The van der Waals surface area contributed by atoms with Crippen LogP contribution < -0.4 is 4.74 Å². The average Bonchev–Trinajstić information content (AvgIpc) is 2.49. The van der Waals surface area contributed by atoms with Crippen molar-refractivity contribution in [1.82, 2.24) is 4.90 Å². The number of halogens is 1. The molecule has 1 aromatic carbocycles. The van der Waals surface area contributed by atoms with Gasteiger partial charge < -0.3 is 14.7 Å². The lowest BCUT2D eigenvalue weighted by Crippen LogP contribution is -2.51. The van der Waals surface area contributed by atoms with E-state index in [1.54, 1.807) is 11.8 Å². The van der Waals surface area contributed by atoms with Crippen LogP contribution in [-0.4, -0.2) is 40.6 Å². The number of hydrogen-bond donors (Lipinski definition) is 1. The molecule has 1 N–H and O–H groups in total. The summed E-state index contributed by atoms with van der Waals surface area (Å²) in [5.74, 6) is -1.63. The minimum Gasteiger partial charge on any atom is -0.481 e. The Morgan fingerprint density at radius 2 is 1.95 bits per heavy atom. The Balaban J connectivity index is 2.02. The summed E-state index contributed by atoms with van der Waals surface area (Å²) >= 11 is 0. The van der Waals surface area contributed by atoms with Crippen LogP contribution in [0.25, 0.3) is 0 Å². The van der Waals surface area contributed by atoms with Crippen molar-refractivity contribution in [2.24, 2.45) is 5.92 Å². The first kappa shape index (κ1) is 16.3. The number of aliphatic carboxylic acids is 1. The maximum atomic E-state index is 12.9. The number of carbonyl (C=O) groups is 2. The van der Waals surface area contributed by atoms with Crippen molar-refractivity contribution in [3.63, 3.8) is 0 Å². The SMILES string of the molecule is CC(Oc1ccc(F)cc1)C(=O)N1CC(C(=O)O)CCC1C. The first-order chi connectivity index (χ1) is 10.4. The number of carbonyl (C=O) groups excluding carboxylic acids is 1. The number of ether oxygens (including phenoxy) is 1. The topological polar surface area (TPSA) is 66.8 Å². The van der Waals surface area contributed by atoms with Gasteiger partial charge in [-0.15, -0.1) is 0 Å². The molecule has 1 fully saturated rings. The van der Waals surface area contributed by atoms with Crippen molar-refractivity contribution in [3.05, 3.63) is 30.1 Å². The smallest absolute Gasteiger partial charge is 0.308 e. The van der Waals surface area contributed by atoms with Crippen LogP contribution in [0.4, 0.5) is 4.39 Å². The van der Waals surface area contributed by atoms with Gasteiger partial charge in [0.1, 0.15) is 11.6 Å². The molecule has 1 aliphatic rings. The molecular formula is C16H20FNO4. The maximum absolute atomic E-state index is 12.9. The molecule has 1 saturated heterocycles. The molecule has 0 spiro atoms. The van der Waals surface area contributed by atoms with Crippen LogP contribution in [0.2, 0.25) is 0 Å². The summed E-state index contributed by atoms with van der Waals surface area (Å²) in [6.45, 7) is 3.72. The van der Waals surface area contributed by atoms with Gasteiger partial charge in [-0.2, -0.15) is 0 Å². The number of carboxylic acid groups (broad SMARTS) is 1. The third-order valence-electron chi connectivity index (χ3n) is 3.99. The molecule has 2 rings (SSSR count). The minimum atomic E-state index is -0.878. The number of carboxylic acids is 1. The lowest BCUT2D eigenvalue weighted by atomic mass is 9.93. The molecule has 3 unspecified atom stereocenters. The minimum absolute atomic E-state index is 0.0117. The zero-order valence-corrected chi connectivity index (χ0v) is 12.7. The molecule has 0 bridgehead atoms. The Bertz CT molecular complexity index is 546. The summed E-state index contributed by atoms with van der Waals surface area (Å²) in [5.41, 5.74) is 0. The third kappa shape index (κ3) is 3.75. The standard InChI is InChI=1S/C16H20FNO4/c1-10-3-4-12(16(20)21)9-18(10)15(19)11(2)22-14-7-5-13(17)6-8-14/h5-8,10-12H,3-4,9H2,1-2H3,(H,20,21). The second-order valence-electron chi connectivity index (χ2n) is 5.67. The largest absolute Gasteiger partial charge is 0.481 e. The predicted molar refractivity (Wildman–Crippen MR) is 78.0 cm³/mol. The molecule has 0 radical (unpaired) electrons. The van der Waals surface area contributed by atoms with E-state index >= 15 is 0 Å². The highest BCUT2D eigenvalue weighted by molar-refractivity contribution is 5.82. The van der Waals surface area contributed by atoms with Gasteiger partial charge in [-0.3, -0.25) is 9.59 Å². The Morgan fingerprint density at radius 3 is 2.55 bits per heavy atom. The maximum Gasteiger partial charge on any atom is 0.308 e. The zero-order chi connectivity index (χ0) is 16.3. The highest BCUT2D eigenvalue weighted by Crippen LogP contribution is 2.24. The number of hydrogen-bond acceptors (Lipinski definition) is 3. The molecule has 1 aliphatic heterocycles. The van der Waals surface area contributed by atoms with Crippen LogP contribution >= 0.6 is 0 Å². The van der Waals surface area contributed by atoms with E-state index in [-0.39, 0.29) is 24.3 Å². The first-order valence-electron chi connectivity index (χ1n) is 7.34. The lowest BCUT2D eigenvalue weighted by molar-refractivity contribution is -0.149. The zero-order valence-electron chi connectivity index (χ0n) is 12.7. The molecule has 0 aromatic heterocycles. The van der Waals surface area contributed by atoms with Crippen LogP contribution in [-0.2, 0) is 9.59 Å². The highest BCUT2D eigenvalue weighted by Gasteiger charge is 2.34. The third-order valence-corrected chi connectivity index (χ3v) is 3.99. The van der Waals surface area contributed by atoms with Crippen LogP contribution in [0.1, 0.15) is 26.7 Å². The second kappa shape index (κ2) is 6.77. The Labute approximate surface area is 128 Å². The van der Waals surface area contributed by atoms with Crippen molar-refractivity contribution in [2.45, 2.75) is 38.8 Å². The summed E-state index contributed by atoms with van der Waals surface area (Å²) in [6, 6.07) is 5.42. The fraction of sp³-hybridized carbons (Fsp3) is 0.500. The lowest BCUT2D eigenvalue weighted by Gasteiger charge is -2.37. The molecule has 5 nitrogen and oxygen atoms in total. The van der Waals surface area contributed by atoms with E-state index in [0.717, 1.165) is 0 Å². The molecule has 22 heavy (non-hydrogen) atoms.